The van der Waals surface area contributed by atoms with E-state index in [1.165, 1.54) is 0 Å². The quantitative estimate of drug-likeness (QED) is 0.836. The summed E-state index contributed by atoms with van der Waals surface area (Å²) in [5.74, 6) is 0.307. The van der Waals surface area contributed by atoms with E-state index in [1.807, 2.05) is 13.8 Å². The summed E-state index contributed by atoms with van der Waals surface area (Å²) >= 11 is 0. The highest BCUT2D eigenvalue weighted by Crippen LogP contribution is 2.14. The highest BCUT2D eigenvalue weighted by atomic mass is 16.2. The highest BCUT2D eigenvalue weighted by molar-refractivity contribution is 5.88. The van der Waals surface area contributed by atoms with Crippen LogP contribution in [0.3, 0.4) is 0 Å². The van der Waals surface area contributed by atoms with Crippen LogP contribution in [0.4, 0.5) is 10.7 Å². The molecule has 1 saturated heterocycles. The fraction of sp³-hybridized carbons (Fsp3) is 0.500. The Bertz CT molecular complexity index is 462. The summed E-state index contributed by atoms with van der Waals surface area (Å²) in [6.07, 6.45) is 3.42. The van der Waals surface area contributed by atoms with Crippen LogP contribution in [0.2, 0.25) is 0 Å². The number of likely N-dealkylation sites (tertiary alicyclic amines) is 1. The molecule has 1 aromatic heterocycles. The maximum Gasteiger partial charge on any atom is 0.321 e. The van der Waals surface area contributed by atoms with E-state index < -0.39 is 6.03 Å². The molecule has 2 rings (SSSR count). The topological polar surface area (TPSA) is 87.2 Å². The second-order valence-electron chi connectivity index (χ2n) is 4.71. The summed E-state index contributed by atoms with van der Waals surface area (Å²) in [6, 6.07) is 1.26. The van der Waals surface area contributed by atoms with Crippen molar-refractivity contribution in [1.29, 1.82) is 0 Å². The van der Waals surface area contributed by atoms with Gasteiger partial charge in [-0.1, -0.05) is 0 Å². The van der Waals surface area contributed by atoms with Gasteiger partial charge in [0.25, 0.3) is 0 Å². The molecule has 2 N–H and O–H groups in total. The molecule has 1 unspecified atom stereocenters. The predicted molar refractivity (Wildman–Crippen MR) is 69.4 cm³/mol. The SMILES string of the molecule is CC(C)N1CC(NC(=O)Nc2ncccn2)CC1=O. The molecule has 1 aliphatic rings. The lowest BCUT2D eigenvalue weighted by Crippen LogP contribution is -2.41. The molecule has 102 valence electrons. The number of anilines is 1. The normalized spacial score (nSPS) is 18.8. The molecule has 1 aromatic rings. The smallest absolute Gasteiger partial charge is 0.321 e. The third-order valence-electron chi connectivity index (χ3n) is 2.91. The van der Waals surface area contributed by atoms with Gasteiger partial charge in [0.05, 0.1) is 6.04 Å². The number of aromatic nitrogens is 2. The van der Waals surface area contributed by atoms with Crippen molar-refractivity contribution in [2.24, 2.45) is 0 Å². The molecule has 1 atom stereocenters. The van der Waals surface area contributed by atoms with Crippen LogP contribution in [-0.2, 0) is 4.79 Å². The highest BCUT2D eigenvalue weighted by Gasteiger charge is 2.31. The van der Waals surface area contributed by atoms with E-state index in [9.17, 15) is 9.59 Å². The molecule has 2 heterocycles. The van der Waals surface area contributed by atoms with Gasteiger partial charge in [0.2, 0.25) is 11.9 Å². The minimum atomic E-state index is -0.394. The van der Waals surface area contributed by atoms with Gasteiger partial charge in [0.15, 0.2) is 0 Å². The zero-order valence-electron chi connectivity index (χ0n) is 11.0. The van der Waals surface area contributed by atoms with Crippen LogP contribution < -0.4 is 10.6 Å². The lowest BCUT2D eigenvalue weighted by Gasteiger charge is -2.21. The van der Waals surface area contributed by atoms with Gasteiger partial charge in [0.1, 0.15) is 0 Å². The van der Waals surface area contributed by atoms with Crippen LogP contribution >= 0.6 is 0 Å². The second-order valence-corrected chi connectivity index (χ2v) is 4.71. The van der Waals surface area contributed by atoms with Gasteiger partial charge in [0, 0.05) is 31.4 Å². The molecule has 0 spiro atoms. The van der Waals surface area contributed by atoms with Crippen molar-refractivity contribution in [2.45, 2.75) is 32.4 Å². The van der Waals surface area contributed by atoms with E-state index in [4.69, 9.17) is 0 Å². The maximum absolute atomic E-state index is 11.7. The molecule has 0 aliphatic carbocycles. The Kier molecular flexibility index (Phi) is 3.94. The first-order valence-electron chi connectivity index (χ1n) is 6.20. The van der Waals surface area contributed by atoms with Crippen LogP contribution in [0.1, 0.15) is 20.3 Å². The molecule has 19 heavy (non-hydrogen) atoms. The largest absolute Gasteiger partial charge is 0.338 e. The Hall–Kier alpha value is -2.18. The molecule has 0 saturated carbocycles. The summed E-state index contributed by atoms with van der Waals surface area (Å²) < 4.78 is 0. The molecule has 3 amide bonds. The Morgan fingerprint density at radius 2 is 2.11 bits per heavy atom. The van der Waals surface area contributed by atoms with Crippen molar-refractivity contribution in [1.82, 2.24) is 20.2 Å². The molecule has 0 bridgehead atoms. The van der Waals surface area contributed by atoms with Gasteiger partial charge in [-0.15, -0.1) is 0 Å². The zero-order valence-corrected chi connectivity index (χ0v) is 11.0. The first-order valence-corrected chi connectivity index (χ1v) is 6.20. The number of urea groups is 1. The minimum Gasteiger partial charge on any atom is -0.338 e. The Morgan fingerprint density at radius 3 is 2.68 bits per heavy atom. The molecule has 0 aromatic carbocycles. The van der Waals surface area contributed by atoms with Gasteiger partial charge in [-0.05, 0) is 19.9 Å². The first-order chi connectivity index (χ1) is 9.06. The average Bonchev–Trinajstić information content (AvgIpc) is 2.71. The number of carbonyl (C=O) groups excluding carboxylic acids is 2. The van der Waals surface area contributed by atoms with Crippen LogP contribution in [0.5, 0.6) is 0 Å². The van der Waals surface area contributed by atoms with Gasteiger partial charge in [-0.2, -0.15) is 0 Å². The number of hydrogen-bond donors (Lipinski definition) is 2. The van der Waals surface area contributed by atoms with E-state index in [2.05, 4.69) is 20.6 Å². The third-order valence-corrected chi connectivity index (χ3v) is 2.91. The maximum atomic E-state index is 11.7. The number of nitrogens with zero attached hydrogens (tertiary/aromatic N) is 3. The fourth-order valence-electron chi connectivity index (χ4n) is 2.01. The van der Waals surface area contributed by atoms with Crippen LogP contribution in [0, 0.1) is 0 Å². The molecule has 1 aliphatic heterocycles. The number of amides is 3. The summed E-state index contributed by atoms with van der Waals surface area (Å²) in [4.78, 5) is 33.0. The Balaban J connectivity index is 1.86. The van der Waals surface area contributed by atoms with Crippen molar-refractivity contribution < 1.29 is 9.59 Å². The predicted octanol–water partition coefficient (Wildman–Crippen LogP) is 0.607. The monoisotopic (exact) mass is 263 g/mol. The van der Waals surface area contributed by atoms with Crippen LogP contribution in [0.25, 0.3) is 0 Å². The van der Waals surface area contributed by atoms with E-state index >= 15 is 0 Å². The summed E-state index contributed by atoms with van der Waals surface area (Å²) in [5, 5.41) is 5.28. The number of carbonyl (C=O) groups is 2. The fourth-order valence-corrected chi connectivity index (χ4v) is 2.01. The summed E-state index contributed by atoms with van der Waals surface area (Å²) in [7, 11) is 0. The Labute approximate surface area is 111 Å². The summed E-state index contributed by atoms with van der Waals surface area (Å²) in [6.45, 7) is 4.45. The minimum absolute atomic E-state index is 0.0660. The second kappa shape index (κ2) is 5.64. The lowest BCUT2D eigenvalue weighted by molar-refractivity contribution is -0.129. The molecule has 0 radical (unpaired) electrons. The van der Waals surface area contributed by atoms with E-state index in [0.717, 1.165) is 0 Å². The van der Waals surface area contributed by atoms with Crippen LogP contribution in [-0.4, -0.2) is 45.4 Å². The van der Waals surface area contributed by atoms with Gasteiger partial charge in [-0.3, -0.25) is 10.1 Å². The molecule has 7 heteroatoms. The van der Waals surface area contributed by atoms with Crippen molar-refractivity contribution in [2.75, 3.05) is 11.9 Å². The van der Waals surface area contributed by atoms with Gasteiger partial charge < -0.3 is 10.2 Å². The van der Waals surface area contributed by atoms with E-state index in [1.54, 1.807) is 23.4 Å². The molecule has 1 fully saturated rings. The third kappa shape index (κ3) is 3.40. The van der Waals surface area contributed by atoms with E-state index in [-0.39, 0.29) is 23.9 Å². The number of hydrogen-bond acceptors (Lipinski definition) is 4. The van der Waals surface area contributed by atoms with E-state index in [0.29, 0.717) is 13.0 Å². The van der Waals surface area contributed by atoms with Crippen LogP contribution in [0.15, 0.2) is 18.5 Å². The summed E-state index contributed by atoms with van der Waals surface area (Å²) in [5.41, 5.74) is 0. The first kappa shape index (κ1) is 13.3. The van der Waals surface area contributed by atoms with Crippen molar-refractivity contribution in [3.8, 4) is 0 Å². The van der Waals surface area contributed by atoms with Crippen molar-refractivity contribution >= 4 is 17.9 Å². The average molecular weight is 263 g/mol. The van der Waals surface area contributed by atoms with Crippen molar-refractivity contribution in [3.05, 3.63) is 18.5 Å². The number of nitrogens with one attached hydrogen (secondary N) is 2. The molecular formula is C12H17N5O2. The molecule has 7 nitrogen and oxygen atoms in total. The van der Waals surface area contributed by atoms with Crippen molar-refractivity contribution in [3.63, 3.8) is 0 Å². The standard InChI is InChI=1S/C12H17N5O2/c1-8(2)17-7-9(6-10(17)18)15-12(19)16-11-13-4-3-5-14-11/h3-5,8-9H,6-7H2,1-2H3,(H2,13,14,15,16,19). The number of rotatable bonds is 3. The van der Waals surface area contributed by atoms with Gasteiger partial charge in [-0.25, -0.2) is 14.8 Å². The lowest BCUT2D eigenvalue weighted by atomic mass is 10.2. The Morgan fingerprint density at radius 1 is 1.42 bits per heavy atom. The molecular weight excluding hydrogens is 246 g/mol. The zero-order chi connectivity index (χ0) is 13.8. The van der Waals surface area contributed by atoms with Gasteiger partial charge >= 0.3 is 6.03 Å².